The van der Waals surface area contributed by atoms with Crippen LogP contribution >= 0.6 is 23.1 Å². The van der Waals surface area contributed by atoms with Crippen molar-refractivity contribution in [2.45, 2.75) is 29.3 Å². The van der Waals surface area contributed by atoms with E-state index >= 15 is 0 Å². The van der Waals surface area contributed by atoms with Crippen LogP contribution in [0.3, 0.4) is 0 Å². The Kier molecular flexibility index (Phi) is 4.09. The summed E-state index contributed by atoms with van der Waals surface area (Å²) >= 11 is 3.14. The molecule has 0 spiro atoms. The Labute approximate surface area is 109 Å². The third-order valence-electron chi connectivity index (χ3n) is 2.39. The van der Waals surface area contributed by atoms with Crippen LogP contribution in [0.1, 0.15) is 23.5 Å². The lowest BCUT2D eigenvalue weighted by Gasteiger charge is -2.10. The van der Waals surface area contributed by atoms with Crippen LogP contribution in [0, 0.1) is 6.92 Å². The van der Waals surface area contributed by atoms with Gasteiger partial charge in [-0.1, -0.05) is 11.3 Å². The first-order valence-electron chi connectivity index (χ1n) is 5.30. The van der Waals surface area contributed by atoms with Gasteiger partial charge in [0.1, 0.15) is 10.0 Å². The van der Waals surface area contributed by atoms with E-state index in [0.29, 0.717) is 6.04 Å². The summed E-state index contributed by atoms with van der Waals surface area (Å²) < 4.78 is 0.935. The second kappa shape index (κ2) is 5.57. The zero-order valence-electron chi connectivity index (χ0n) is 9.97. The molecule has 1 atom stereocenters. The average molecular weight is 266 g/mol. The first-order valence-corrected chi connectivity index (χ1v) is 6.93. The van der Waals surface area contributed by atoms with E-state index in [2.05, 4.69) is 33.5 Å². The summed E-state index contributed by atoms with van der Waals surface area (Å²) in [4.78, 5) is 4.33. The molecule has 0 bridgehead atoms. The normalized spacial score (nSPS) is 12.6. The van der Waals surface area contributed by atoms with Crippen molar-refractivity contribution in [2.75, 3.05) is 7.05 Å². The maximum atomic E-state index is 4.33. The smallest absolute Gasteiger partial charge is 0.180 e. The van der Waals surface area contributed by atoms with Crippen LogP contribution in [0.25, 0.3) is 0 Å². The molecule has 90 valence electrons. The lowest BCUT2D eigenvalue weighted by Crippen LogP contribution is -2.12. The topological polar surface area (TPSA) is 50.7 Å². The zero-order chi connectivity index (χ0) is 12.3. The molecule has 17 heavy (non-hydrogen) atoms. The molecule has 2 aromatic heterocycles. The van der Waals surface area contributed by atoms with Crippen molar-refractivity contribution >= 4 is 23.1 Å². The quantitative estimate of drug-likeness (QED) is 0.922. The molecule has 0 aliphatic carbocycles. The molecule has 4 nitrogen and oxygen atoms in total. The number of rotatable bonds is 4. The third-order valence-corrected chi connectivity index (χ3v) is 4.21. The predicted molar refractivity (Wildman–Crippen MR) is 70.5 cm³/mol. The summed E-state index contributed by atoms with van der Waals surface area (Å²) in [7, 11) is 1.95. The van der Waals surface area contributed by atoms with Gasteiger partial charge in [0.25, 0.3) is 0 Å². The monoisotopic (exact) mass is 266 g/mol. The first kappa shape index (κ1) is 12.5. The summed E-state index contributed by atoms with van der Waals surface area (Å²) in [6.45, 7) is 4.08. The minimum Gasteiger partial charge on any atom is -0.313 e. The number of aromatic nitrogens is 3. The second-order valence-electron chi connectivity index (χ2n) is 3.63. The zero-order valence-corrected chi connectivity index (χ0v) is 11.6. The van der Waals surface area contributed by atoms with Gasteiger partial charge in [0, 0.05) is 12.2 Å². The van der Waals surface area contributed by atoms with Crippen LogP contribution < -0.4 is 5.32 Å². The van der Waals surface area contributed by atoms with Crippen molar-refractivity contribution in [3.8, 4) is 0 Å². The van der Waals surface area contributed by atoms with Gasteiger partial charge in [-0.2, -0.15) is 0 Å². The van der Waals surface area contributed by atoms with Crippen LogP contribution in [-0.4, -0.2) is 22.2 Å². The fourth-order valence-corrected chi connectivity index (χ4v) is 3.10. The molecule has 6 heteroatoms. The molecular weight excluding hydrogens is 252 g/mol. The van der Waals surface area contributed by atoms with Gasteiger partial charge in [0.2, 0.25) is 0 Å². The number of aryl methyl sites for hydroxylation is 1. The Morgan fingerprint density at radius 1 is 1.41 bits per heavy atom. The minimum atomic E-state index is 0.327. The average Bonchev–Trinajstić information content (AvgIpc) is 2.74. The molecule has 0 radical (unpaired) electrons. The Hall–Kier alpha value is -0.980. The molecule has 0 amide bonds. The maximum absolute atomic E-state index is 4.33. The van der Waals surface area contributed by atoms with Gasteiger partial charge in [-0.25, -0.2) is 4.98 Å². The van der Waals surface area contributed by atoms with Crippen molar-refractivity contribution in [1.29, 1.82) is 0 Å². The molecule has 2 aromatic rings. The Morgan fingerprint density at radius 2 is 2.24 bits per heavy atom. The van der Waals surface area contributed by atoms with Gasteiger partial charge >= 0.3 is 0 Å². The van der Waals surface area contributed by atoms with E-state index in [1.54, 1.807) is 23.1 Å². The molecule has 0 aliphatic rings. The van der Waals surface area contributed by atoms with E-state index in [4.69, 9.17) is 0 Å². The van der Waals surface area contributed by atoms with Crippen LogP contribution in [-0.2, 0) is 0 Å². The fourth-order valence-electron chi connectivity index (χ4n) is 1.33. The molecule has 0 saturated heterocycles. The number of nitrogens with zero attached hydrogens (tertiary/aromatic N) is 3. The van der Waals surface area contributed by atoms with Crippen LogP contribution in [0.4, 0.5) is 0 Å². The minimum absolute atomic E-state index is 0.327. The van der Waals surface area contributed by atoms with Gasteiger partial charge in [0.05, 0.1) is 0 Å². The maximum Gasteiger partial charge on any atom is 0.180 e. The van der Waals surface area contributed by atoms with Gasteiger partial charge < -0.3 is 5.32 Å². The molecule has 1 N–H and O–H groups in total. The molecule has 0 aromatic carbocycles. The lowest BCUT2D eigenvalue weighted by atomic mass is 10.1. The summed E-state index contributed by atoms with van der Waals surface area (Å²) in [6, 6.07) is 4.44. The standard InChI is InChI=1S/C11H14N4S2/c1-7(12-3)9-4-5-13-10(6-9)17-11-15-14-8(2)16-11/h4-7,12H,1-3H3. The van der Waals surface area contributed by atoms with Crippen LogP contribution in [0.5, 0.6) is 0 Å². The van der Waals surface area contributed by atoms with E-state index in [1.807, 2.05) is 26.2 Å². The summed E-state index contributed by atoms with van der Waals surface area (Å²) in [5.41, 5.74) is 1.23. The Bertz CT molecular complexity index is 498. The number of pyridine rings is 1. The SMILES string of the molecule is CNC(C)c1ccnc(Sc2nnc(C)s2)c1. The molecule has 1 unspecified atom stereocenters. The first-order chi connectivity index (χ1) is 8.19. The van der Waals surface area contributed by atoms with Crippen molar-refractivity contribution < 1.29 is 0 Å². The Morgan fingerprint density at radius 3 is 2.88 bits per heavy atom. The van der Waals surface area contributed by atoms with E-state index in [-0.39, 0.29) is 0 Å². The number of hydrogen-bond donors (Lipinski definition) is 1. The molecular formula is C11H14N4S2. The van der Waals surface area contributed by atoms with E-state index in [1.165, 1.54) is 5.56 Å². The number of nitrogens with one attached hydrogen (secondary N) is 1. The third kappa shape index (κ3) is 3.24. The highest BCUT2D eigenvalue weighted by atomic mass is 32.2. The number of hydrogen-bond acceptors (Lipinski definition) is 6. The summed E-state index contributed by atoms with van der Waals surface area (Å²) in [6.07, 6.45) is 1.83. The Balaban J connectivity index is 2.16. The van der Waals surface area contributed by atoms with Gasteiger partial charge in [-0.3, -0.25) is 0 Å². The second-order valence-corrected chi connectivity index (χ2v) is 6.08. The van der Waals surface area contributed by atoms with Crippen molar-refractivity contribution in [1.82, 2.24) is 20.5 Å². The van der Waals surface area contributed by atoms with E-state index in [0.717, 1.165) is 14.4 Å². The molecule has 2 heterocycles. The highest BCUT2D eigenvalue weighted by Crippen LogP contribution is 2.29. The fraction of sp³-hybridized carbons (Fsp3) is 0.364. The summed E-state index contributed by atoms with van der Waals surface area (Å²) in [5.74, 6) is 0. The molecule has 0 aliphatic heterocycles. The highest BCUT2D eigenvalue weighted by molar-refractivity contribution is 8.01. The van der Waals surface area contributed by atoms with E-state index < -0.39 is 0 Å². The van der Waals surface area contributed by atoms with Gasteiger partial charge in [-0.05, 0) is 50.4 Å². The predicted octanol–water partition coefficient (Wildman–Crippen LogP) is 2.67. The van der Waals surface area contributed by atoms with Gasteiger partial charge in [0.15, 0.2) is 4.34 Å². The van der Waals surface area contributed by atoms with Gasteiger partial charge in [-0.15, -0.1) is 10.2 Å². The van der Waals surface area contributed by atoms with E-state index in [9.17, 15) is 0 Å². The molecule has 2 rings (SSSR count). The highest BCUT2D eigenvalue weighted by Gasteiger charge is 2.07. The molecule has 0 saturated carbocycles. The van der Waals surface area contributed by atoms with Crippen molar-refractivity contribution in [2.24, 2.45) is 0 Å². The summed E-state index contributed by atoms with van der Waals surface area (Å²) in [5, 5.41) is 13.2. The molecule has 0 fully saturated rings. The van der Waals surface area contributed by atoms with Crippen molar-refractivity contribution in [3.05, 3.63) is 28.9 Å². The van der Waals surface area contributed by atoms with Crippen molar-refractivity contribution in [3.63, 3.8) is 0 Å². The largest absolute Gasteiger partial charge is 0.313 e. The van der Waals surface area contributed by atoms with Crippen LogP contribution in [0.15, 0.2) is 27.7 Å². The van der Waals surface area contributed by atoms with Crippen LogP contribution in [0.2, 0.25) is 0 Å². The lowest BCUT2D eigenvalue weighted by molar-refractivity contribution is 0.649.